The molecule has 0 aliphatic carbocycles. The molecule has 0 spiro atoms. The Balaban J connectivity index is 2.17. The maximum Gasteiger partial charge on any atom is 0.389 e. The summed E-state index contributed by atoms with van der Waals surface area (Å²) in [5.74, 6) is 0. The van der Waals surface area contributed by atoms with Gasteiger partial charge in [-0.05, 0) is 40.6 Å². The Kier molecular flexibility index (Phi) is 5.68. The second-order valence-corrected chi connectivity index (χ2v) is 6.14. The number of nitrogens with one attached hydrogen (secondary N) is 1. The summed E-state index contributed by atoms with van der Waals surface area (Å²) in [4.78, 5) is 2.17. The second kappa shape index (κ2) is 7.09. The van der Waals surface area contributed by atoms with Crippen molar-refractivity contribution in [3.05, 3.63) is 33.4 Å². The van der Waals surface area contributed by atoms with E-state index >= 15 is 0 Å². The molecule has 1 saturated heterocycles. The summed E-state index contributed by atoms with van der Waals surface area (Å²) in [5, 5.41) is 3.24. The first-order chi connectivity index (χ1) is 9.47. The molecule has 0 aromatic heterocycles. The average Bonchev–Trinajstić information content (AvgIpc) is 2.41. The molecule has 0 amide bonds. The van der Waals surface area contributed by atoms with Crippen LogP contribution in [0.1, 0.15) is 24.4 Å². The van der Waals surface area contributed by atoms with E-state index in [9.17, 15) is 13.2 Å². The Bertz CT molecular complexity index is 431. The minimum absolute atomic E-state index is 0.128. The molecule has 1 aliphatic rings. The van der Waals surface area contributed by atoms with Gasteiger partial charge in [0.05, 0.1) is 0 Å². The standard InChI is InChI=1S/C14H18F3IN2/c15-14(16,17)6-5-13(20-9-7-19-8-10-20)11-3-1-2-4-12(11)18/h1-4,13,19H,5-10H2/t13-/m0/s1. The molecule has 1 atom stereocenters. The number of benzene rings is 1. The van der Waals surface area contributed by atoms with E-state index in [-0.39, 0.29) is 12.5 Å². The Morgan fingerprint density at radius 1 is 1.20 bits per heavy atom. The van der Waals surface area contributed by atoms with Gasteiger partial charge < -0.3 is 5.32 Å². The van der Waals surface area contributed by atoms with Gasteiger partial charge in [-0.3, -0.25) is 4.90 Å². The van der Waals surface area contributed by atoms with E-state index in [0.717, 1.165) is 35.3 Å². The molecule has 20 heavy (non-hydrogen) atoms. The smallest absolute Gasteiger partial charge is 0.314 e. The van der Waals surface area contributed by atoms with E-state index in [2.05, 4.69) is 32.8 Å². The molecule has 1 N–H and O–H groups in total. The third-order valence-electron chi connectivity index (χ3n) is 3.56. The van der Waals surface area contributed by atoms with Gasteiger partial charge in [0.2, 0.25) is 0 Å². The van der Waals surface area contributed by atoms with Crippen molar-refractivity contribution in [2.24, 2.45) is 0 Å². The van der Waals surface area contributed by atoms with Crippen LogP contribution in [-0.2, 0) is 0 Å². The van der Waals surface area contributed by atoms with Crippen molar-refractivity contribution in [3.8, 4) is 0 Å². The van der Waals surface area contributed by atoms with Crippen LogP contribution >= 0.6 is 22.6 Å². The van der Waals surface area contributed by atoms with Gasteiger partial charge in [0.15, 0.2) is 0 Å². The molecule has 2 rings (SSSR count). The van der Waals surface area contributed by atoms with E-state index in [0.29, 0.717) is 0 Å². The Labute approximate surface area is 130 Å². The van der Waals surface area contributed by atoms with Gasteiger partial charge in [0.25, 0.3) is 0 Å². The molecule has 0 radical (unpaired) electrons. The van der Waals surface area contributed by atoms with Crippen molar-refractivity contribution < 1.29 is 13.2 Å². The van der Waals surface area contributed by atoms with Crippen LogP contribution in [0.3, 0.4) is 0 Å². The van der Waals surface area contributed by atoms with E-state index in [4.69, 9.17) is 0 Å². The molecular formula is C14H18F3IN2. The molecule has 1 aliphatic heterocycles. The predicted octanol–water partition coefficient (Wildman–Crippen LogP) is 3.58. The lowest BCUT2D eigenvalue weighted by Crippen LogP contribution is -2.45. The molecule has 0 bridgehead atoms. The number of nitrogens with zero attached hydrogens (tertiary/aromatic N) is 1. The number of hydrogen-bond donors (Lipinski definition) is 1. The number of halogens is 4. The largest absolute Gasteiger partial charge is 0.389 e. The fourth-order valence-corrected chi connectivity index (χ4v) is 3.32. The normalized spacial score (nSPS) is 19.0. The van der Waals surface area contributed by atoms with Crippen molar-refractivity contribution in [2.75, 3.05) is 26.2 Å². The first kappa shape index (κ1) is 16.0. The molecule has 6 heteroatoms. The van der Waals surface area contributed by atoms with Gasteiger partial charge in [-0.1, -0.05) is 18.2 Å². The predicted molar refractivity (Wildman–Crippen MR) is 81.6 cm³/mol. The average molecular weight is 398 g/mol. The number of piperazine rings is 1. The summed E-state index contributed by atoms with van der Waals surface area (Å²) >= 11 is 2.21. The summed E-state index contributed by atoms with van der Waals surface area (Å²) in [7, 11) is 0. The van der Waals surface area contributed by atoms with Gasteiger partial charge in [0, 0.05) is 42.2 Å². The molecule has 0 saturated carbocycles. The number of rotatable bonds is 4. The highest BCUT2D eigenvalue weighted by molar-refractivity contribution is 14.1. The Hall–Kier alpha value is -0.340. The van der Waals surface area contributed by atoms with Crippen LogP contribution in [0.2, 0.25) is 0 Å². The minimum atomic E-state index is -4.09. The van der Waals surface area contributed by atoms with Crippen molar-refractivity contribution in [1.82, 2.24) is 10.2 Å². The van der Waals surface area contributed by atoms with Gasteiger partial charge in [0.1, 0.15) is 0 Å². The van der Waals surface area contributed by atoms with Crippen molar-refractivity contribution in [3.63, 3.8) is 0 Å². The summed E-state index contributed by atoms with van der Waals surface area (Å²) < 4.78 is 38.7. The lowest BCUT2D eigenvalue weighted by Gasteiger charge is -2.36. The van der Waals surface area contributed by atoms with Crippen LogP contribution < -0.4 is 5.32 Å². The highest BCUT2D eigenvalue weighted by Gasteiger charge is 2.31. The maximum atomic E-state index is 12.6. The van der Waals surface area contributed by atoms with Crippen molar-refractivity contribution in [2.45, 2.75) is 25.1 Å². The molecule has 1 aromatic carbocycles. The third kappa shape index (κ3) is 4.60. The van der Waals surface area contributed by atoms with Crippen LogP contribution in [0.25, 0.3) is 0 Å². The van der Waals surface area contributed by atoms with Gasteiger partial charge >= 0.3 is 6.18 Å². The highest BCUT2D eigenvalue weighted by atomic mass is 127. The van der Waals surface area contributed by atoms with Crippen LogP contribution in [0.5, 0.6) is 0 Å². The lowest BCUT2D eigenvalue weighted by atomic mass is 9.99. The van der Waals surface area contributed by atoms with Gasteiger partial charge in [-0.2, -0.15) is 13.2 Å². The molecule has 0 unspecified atom stereocenters. The summed E-state index contributed by atoms with van der Waals surface area (Å²) in [5.41, 5.74) is 1.01. The van der Waals surface area contributed by atoms with E-state index in [1.165, 1.54) is 0 Å². The molecule has 1 fully saturated rings. The fraction of sp³-hybridized carbons (Fsp3) is 0.571. The van der Waals surface area contributed by atoms with Crippen molar-refractivity contribution in [1.29, 1.82) is 0 Å². The highest BCUT2D eigenvalue weighted by Crippen LogP contribution is 2.33. The maximum absolute atomic E-state index is 12.6. The van der Waals surface area contributed by atoms with Crippen LogP contribution in [0.4, 0.5) is 13.2 Å². The summed E-state index contributed by atoms with van der Waals surface area (Å²) in [6.45, 7) is 3.28. The van der Waals surface area contributed by atoms with E-state index in [1.54, 1.807) is 0 Å². The van der Waals surface area contributed by atoms with Crippen LogP contribution in [0.15, 0.2) is 24.3 Å². The van der Waals surface area contributed by atoms with Crippen LogP contribution in [0, 0.1) is 3.57 Å². The quantitative estimate of drug-likeness (QED) is 0.781. The lowest BCUT2D eigenvalue weighted by molar-refractivity contribution is -0.138. The fourth-order valence-electron chi connectivity index (χ4n) is 2.57. The molecule has 1 aromatic rings. The Morgan fingerprint density at radius 2 is 1.85 bits per heavy atom. The first-order valence-corrected chi connectivity index (χ1v) is 7.81. The molecular weight excluding hydrogens is 380 g/mol. The second-order valence-electron chi connectivity index (χ2n) is 4.98. The van der Waals surface area contributed by atoms with E-state index < -0.39 is 12.6 Å². The molecule has 1 heterocycles. The zero-order chi connectivity index (χ0) is 14.6. The Morgan fingerprint density at radius 3 is 2.45 bits per heavy atom. The number of alkyl halides is 3. The topological polar surface area (TPSA) is 15.3 Å². The van der Waals surface area contributed by atoms with Crippen molar-refractivity contribution >= 4 is 22.6 Å². The monoisotopic (exact) mass is 398 g/mol. The SMILES string of the molecule is FC(F)(F)CC[C@@H](c1ccccc1I)N1CCNCC1. The summed E-state index contributed by atoms with van der Waals surface area (Å²) in [6.07, 6.45) is -4.69. The van der Waals surface area contributed by atoms with Gasteiger partial charge in [-0.15, -0.1) is 0 Å². The van der Waals surface area contributed by atoms with Crippen LogP contribution in [-0.4, -0.2) is 37.3 Å². The van der Waals surface area contributed by atoms with Gasteiger partial charge in [-0.25, -0.2) is 0 Å². The minimum Gasteiger partial charge on any atom is -0.314 e. The van der Waals surface area contributed by atoms with E-state index in [1.807, 2.05) is 24.3 Å². The zero-order valence-corrected chi connectivity index (χ0v) is 13.2. The zero-order valence-electron chi connectivity index (χ0n) is 11.1. The molecule has 112 valence electrons. The number of hydrogen-bond acceptors (Lipinski definition) is 2. The summed E-state index contributed by atoms with van der Waals surface area (Å²) in [6, 6.07) is 7.58. The third-order valence-corrected chi connectivity index (χ3v) is 4.54. The molecule has 2 nitrogen and oxygen atoms in total. The first-order valence-electron chi connectivity index (χ1n) is 6.73.